The molecule has 0 amide bonds. The zero-order chi connectivity index (χ0) is 23.0. The highest BCUT2D eigenvalue weighted by Crippen LogP contribution is 2.35. The van der Waals surface area contributed by atoms with E-state index < -0.39 is 20.5 Å². The van der Waals surface area contributed by atoms with Crippen molar-refractivity contribution in [1.29, 1.82) is 0 Å². The number of phosphoric ester groups is 1. The average molecular weight is 445 g/mol. The number of rotatable bonds is 16. The zero-order valence-electron chi connectivity index (χ0n) is 19.3. The lowest BCUT2D eigenvalue weighted by atomic mass is 10.0. The Morgan fingerprint density at radius 1 is 0.800 bits per heavy atom. The van der Waals surface area contributed by atoms with Crippen LogP contribution in [0.1, 0.15) is 73.1 Å². The first-order valence-electron chi connectivity index (χ1n) is 10.6. The third kappa shape index (κ3) is 20.3. The van der Waals surface area contributed by atoms with Crippen LogP contribution < -0.4 is 0 Å². The van der Waals surface area contributed by atoms with E-state index in [0.29, 0.717) is 6.61 Å². The van der Waals surface area contributed by atoms with Gasteiger partial charge in [-0.1, -0.05) is 46.6 Å². The van der Waals surface area contributed by atoms with Crippen LogP contribution >= 0.6 is 7.82 Å². The van der Waals surface area contributed by atoms with Crippen LogP contribution in [0, 0.1) is 0 Å². The molecule has 0 aliphatic heterocycles. The van der Waals surface area contributed by atoms with E-state index in [9.17, 15) is 9.67 Å². The number of hydrogen-bond donors (Lipinski definition) is 3. The second-order valence-electron chi connectivity index (χ2n) is 8.03. The van der Waals surface area contributed by atoms with Gasteiger partial charge in [0.25, 0.3) is 0 Å². The maximum absolute atomic E-state index is 10.6. The molecule has 0 aromatic carbocycles. The predicted molar refractivity (Wildman–Crippen MR) is 123 cm³/mol. The molecular formula is C23H41O6P. The standard InChI is InChI=1S/C23H41O6P/c1-19(2)9-6-10-20(3)11-7-12-21(4)13-8-14-22(5)15-16-28-17-23(24)18-29-30(25,26)27/h9,11,13,15,23-24H,6-8,10,12,14,16-18H2,1-5H3,(H2,25,26,27)/t23-/m0/s1. The Labute approximate surface area is 182 Å². The van der Waals surface area contributed by atoms with Crippen molar-refractivity contribution in [2.45, 2.75) is 79.2 Å². The van der Waals surface area contributed by atoms with Gasteiger partial charge in [-0.15, -0.1) is 0 Å². The summed E-state index contributed by atoms with van der Waals surface area (Å²) in [5.74, 6) is 0. The van der Waals surface area contributed by atoms with E-state index in [4.69, 9.17) is 14.5 Å². The van der Waals surface area contributed by atoms with E-state index in [1.165, 1.54) is 22.3 Å². The fraction of sp³-hybridized carbons (Fsp3) is 0.652. The Balaban J connectivity index is 3.98. The fourth-order valence-electron chi connectivity index (χ4n) is 2.62. The lowest BCUT2D eigenvalue weighted by Gasteiger charge is -2.11. The fourth-order valence-corrected chi connectivity index (χ4v) is 2.99. The van der Waals surface area contributed by atoms with Crippen molar-refractivity contribution in [3.05, 3.63) is 46.6 Å². The quantitative estimate of drug-likeness (QED) is 0.162. The number of aliphatic hydroxyl groups excluding tert-OH is 1. The molecule has 1 atom stereocenters. The minimum Gasteiger partial charge on any atom is -0.388 e. The molecule has 0 aromatic heterocycles. The largest absolute Gasteiger partial charge is 0.469 e. The molecule has 0 heterocycles. The van der Waals surface area contributed by atoms with E-state index in [2.05, 4.69) is 50.4 Å². The Hall–Kier alpha value is -1.01. The third-order valence-corrected chi connectivity index (χ3v) is 4.93. The van der Waals surface area contributed by atoms with Crippen molar-refractivity contribution in [2.24, 2.45) is 0 Å². The van der Waals surface area contributed by atoms with Gasteiger partial charge in [-0.05, 0) is 73.1 Å². The van der Waals surface area contributed by atoms with E-state index in [1.54, 1.807) is 0 Å². The normalized spacial score (nSPS) is 14.7. The third-order valence-electron chi connectivity index (χ3n) is 4.45. The van der Waals surface area contributed by atoms with Gasteiger partial charge >= 0.3 is 7.82 Å². The molecule has 0 unspecified atom stereocenters. The van der Waals surface area contributed by atoms with Gasteiger partial charge in [-0.25, -0.2) is 4.57 Å². The second-order valence-corrected chi connectivity index (χ2v) is 9.27. The molecule has 0 aliphatic carbocycles. The lowest BCUT2D eigenvalue weighted by Crippen LogP contribution is -2.21. The van der Waals surface area contributed by atoms with Gasteiger partial charge in [0.15, 0.2) is 0 Å². The average Bonchev–Trinajstić information content (AvgIpc) is 2.62. The Morgan fingerprint density at radius 3 is 1.73 bits per heavy atom. The van der Waals surface area contributed by atoms with Crippen LogP contribution in [0.3, 0.4) is 0 Å². The highest BCUT2D eigenvalue weighted by molar-refractivity contribution is 7.46. The first-order valence-corrected chi connectivity index (χ1v) is 12.1. The minimum absolute atomic E-state index is 0.0376. The summed E-state index contributed by atoms with van der Waals surface area (Å²) in [4.78, 5) is 17.1. The number of phosphoric acid groups is 1. The molecule has 0 saturated heterocycles. The van der Waals surface area contributed by atoms with Crippen molar-refractivity contribution >= 4 is 7.82 Å². The van der Waals surface area contributed by atoms with Crippen LogP contribution in [0.4, 0.5) is 0 Å². The van der Waals surface area contributed by atoms with Crippen molar-refractivity contribution < 1.29 is 28.7 Å². The summed E-state index contributed by atoms with van der Waals surface area (Å²) >= 11 is 0. The smallest absolute Gasteiger partial charge is 0.388 e. The van der Waals surface area contributed by atoms with E-state index in [1.807, 2.05) is 13.0 Å². The first kappa shape index (κ1) is 29.0. The summed E-state index contributed by atoms with van der Waals surface area (Å²) in [6.07, 6.45) is 14.2. The van der Waals surface area contributed by atoms with Gasteiger partial charge in [-0.2, -0.15) is 0 Å². The zero-order valence-corrected chi connectivity index (χ0v) is 20.2. The summed E-state index contributed by atoms with van der Waals surface area (Å²) in [6, 6.07) is 0. The van der Waals surface area contributed by atoms with Crippen molar-refractivity contribution in [3.8, 4) is 0 Å². The van der Waals surface area contributed by atoms with Crippen LogP contribution in [0.15, 0.2) is 46.6 Å². The summed E-state index contributed by atoms with van der Waals surface area (Å²) in [5.41, 5.74) is 5.44. The molecule has 6 nitrogen and oxygen atoms in total. The molecule has 0 saturated carbocycles. The summed E-state index contributed by atoms with van der Waals surface area (Å²) in [7, 11) is -4.55. The summed E-state index contributed by atoms with van der Waals surface area (Å²) in [5, 5.41) is 9.52. The summed E-state index contributed by atoms with van der Waals surface area (Å²) in [6.45, 7) is 10.5. The van der Waals surface area contributed by atoms with Crippen molar-refractivity contribution in [1.82, 2.24) is 0 Å². The Bertz CT molecular complexity index is 638. The molecule has 174 valence electrons. The van der Waals surface area contributed by atoms with Crippen LogP contribution in [0.25, 0.3) is 0 Å². The van der Waals surface area contributed by atoms with E-state index in [0.717, 1.165) is 38.5 Å². The number of hydrogen-bond acceptors (Lipinski definition) is 4. The van der Waals surface area contributed by atoms with Gasteiger partial charge in [0.1, 0.15) is 6.10 Å². The molecule has 0 aliphatic rings. The van der Waals surface area contributed by atoms with Crippen molar-refractivity contribution in [3.63, 3.8) is 0 Å². The molecule has 7 heteroatoms. The van der Waals surface area contributed by atoms with Crippen LogP contribution in [0.5, 0.6) is 0 Å². The SMILES string of the molecule is CC(C)=CCCC(C)=CCCC(C)=CCCC(C)=CCOC[C@H](O)COP(=O)(O)O. The molecule has 0 aromatic rings. The van der Waals surface area contributed by atoms with Gasteiger partial charge in [0.2, 0.25) is 0 Å². The number of aliphatic hydroxyl groups is 1. The van der Waals surface area contributed by atoms with Crippen LogP contribution in [-0.4, -0.2) is 40.8 Å². The molecule has 30 heavy (non-hydrogen) atoms. The van der Waals surface area contributed by atoms with E-state index in [-0.39, 0.29) is 6.61 Å². The summed E-state index contributed by atoms with van der Waals surface area (Å²) < 4.78 is 20.1. The lowest BCUT2D eigenvalue weighted by molar-refractivity contribution is 0.0139. The van der Waals surface area contributed by atoms with Gasteiger partial charge in [-0.3, -0.25) is 4.52 Å². The minimum atomic E-state index is -4.55. The van der Waals surface area contributed by atoms with Gasteiger partial charge in [0, 0.05) is 0 Å². The second kappa shape index (κ2) is 16.7. The van der Waals surface area contributed by atoms with E-state index >= 15 is 0 Å². The Kier molecular flexibility index (Phi) is 16.1. The monoisotopic (exact) mass is 444 g/mol. The molecule has 0 radical (unpaired) electrons. The molecule has 0 spiro atoms. The first-order chi connectivity index (χ1) is 14.0. The van der Waals surface area contributed by atoms with Crippen LogP contribution in [-0.2, 0) is 13.8 Å². The predicted octanol–water partition coefficient (Wildman–Crippen LogP) is 5.62. The maximum atomic E-state index is 10.6. The highest BCUT2D eigenvalue weighted by atomic mass is 31.2. The number of ether oxygens (including phenoxy) is 1. The van der Waals surface area contributed by atoms with Crippen molar-refractivity contribution in [2.75, 3.05) is 19.8 Å². The Morgan fingerprint density at radius 2 is 1.27 bits per heavy atom. The van der Waals surface area contributed by atoms with Gasteiger partial charge < -0.3 is 19.6 Å². The molecule has 0 rings (SSSR count). The molecule has 3 N–H and O–H groups in total. The molecule has 0 bridgehead atoms. The van der Waals surface area contributed by atoms with Gasteiger partial charge in [0.05, 0.1) is 19.8 Å². The topological polar surface area (TPSA) is 96.2 Å². The van der Waals surface area contributed by atoms with Crippen LogP contribution in [0.2, 0.25) is 0 Å². The molecular weight excluding hydrogens is 403 g/mol. The highest BCUT2D eigenvalue weighted by Gasteiger charge is 2.16. The maximum Gasteiger partial charge on any atom is 0.469 e. The number of allylic oxidation sites excluding steroid dienone is 7. The molecule has 0 fully saturated rings.